The van der Waals surface area contributed by atoms with Crippen LogP contribution in [0.1, 0.15) is 24.5 Å². The number of methoxy groups -OCH3 is 5. The van der Waals surface area contributed by atoms with Crippen LogP contribution in [0.25, 0.3) is 0 Å². The molecule has 0 bridgehead atoms. The lowest BCUT2D eigenvalue weighted by molar-refractivity contribution is -0.140. The van der Waals surface area contributed by atoms with Gasteiger partial charge in [-0.3, -0.25) is 13.9 Å². The van der Waals surface area contributed by atoms with Crippen molar-refractivity contribution in [2.45, 2.75) is 37.2 Å². The van der Waals surface area contributed by atoms with Gasteiger partial charge >= 0.3 is 0 Å². The molecule has 2 amide bonds. The fraction of sp³-hybridized carbons (Fsp3) is 0.316. The van der Waals surface area contributed by atoms with E-state index in [4.69, 9.17) is 23.7 Å². The summed E-state index contributed by atoms with van der Waals surface area (Å²) in [5.74, 6) is 0.564. The fourth-order valence-electron chi connectivity index (χ4n) is 5.50. The van der Waals surface area contributed by atoms with E-state index in [0.29, 0.717) is 35.8 Å². The number of carbonyl (C=O) groups is 2. The van der Waals surface area contributed by atoms with E-state index in [0.717, 1.165) is 9.87 Å². The summed E-state index contributed by atoms with van der Waals surface area (Å²) in [5.41, 5.74) is 1.55. The Morgan fingerprint density at radius 3 is 2.00 bits per heavy atom. The lowest BCUT2D eigenvalue weighted by Crippen LogP contribution is -2.53. The van der Waals surface area contributed by atoms with Crippen molar-refractivity contribution >= 4 is 27.5 Å². The predicted molar refractivity (Wildman–Crippen MR) is 194 cm³/mol. The zero-order chi connectivity index (χ0) is 37.0. The highest BCUT2D eigenvalue weighted by molar-refractivity contribution is 7.92. The molecule has 0 radical (unpaired) electrons. The number of benzene rings is 4. The molecule has 4 aromatic carbocycles. The highest BCUT2D eigenvalue weighted by Crippen LogP contribution is 2.38. The third-order valence-electron chi connectivity index (χ3n) is 8.18. The van der Waals surface area contributed by atoms with Crippen LogP contribution >= 0.6 is 0 Å². The molecule has 4 aromatic rings. The van der Waals surface area contributed by atoms with Gasteiger partial charge in [-0.1, -0.05) is 49.4 Å². The Bertz CT molecular complexity index is 1890. The second-order valence-corrected chi connectivity index (χ2v) is 13.3. The van der Waals surface area contributed by atoms with Crippen molar-refractivity contribution < 1.29 is 41.7 Å². The maximum atomic E-state index is 14.8. The minimum absolute atomic E-state index is 0.0213. The van der Waals surface area contributed by atoms with E-state index >= 15 is 0 Å². The van der Waals surface area contributed by atoms with Crippen molar-refractivity contribution in [2.24, 2.45) is 0 Å². The van der Waals surface area contributed by atoms with E-state index in [1.165, 1.54) is 64.7 Å². The summed E-state index contributed by atoms with van der Waals surface area (Å²) in [4.78, 5) is 30.0. The summed E-state index contributed by atoms with van der Waals surface area (Å²) in [5, 5.41) is 2.94. The van der Waals surface area contributed by atoms with E-state index in [9.17, 15) is 18.0 Å². The second-order valence-electron chi connectivity index (χ2n) is 11.4. The lowest BCUT2D eigenvalue weighted by atomic mass is 10.0. The molecule has 0 aromatic heterocycles. The topological polar surface area (TPSA) is 133 Å². The molecule has 13 heteroatoms. The molecule has 0 unspecified atom stereocenters. The number of rotatable bonds is 18. The number of nitrogens with zero attached hydrogens (tertiary/aromatic N) is 2. The Balaban J connectivity index is 1.90. The van der Waals surface area contributed by atoms with Gasteiger partial charge in [-0.15, -0.1) is 0 Å². The molecule has 1 N–H and O–H groups in total. The smallest absolute Gasteiger partial charge is 0.265 e. The first-order valence-corrected chi connectivity index (χ1v) is 17.7. The molecule has 51 heavy (non-hydrogen) atoms. The molecule has 0 fully saturated rings. The van der Waals surface area contributed by atoms with E-state index < -0.39 is 28.5 Å². The van der Waals surface area contributed by atoms with Gasteiger partial charge in [-0.25, -0.2) is 8.42 Å². The van der Waals surface area contributed by atoms with Gasteiger partial charge in [-0.05, 0) is 53.9 Å². The van der Waals surface area contributed by atoms with Crippen LogP contribution in [0.4, 0.5) is 5.69 Å². The molecule has 12 nitrogen and oxygen atoms in total. The quantitative estimate of drug-likeness (QED) is 0.149. The highest BCUT2D eigenvalue weighted by atomic mass is 32.2. The summed E-state index contributed by atoms with van der Waals surface area (Å²) < 4.78 is 57.5. The zero-order valence-corrected chi connectivity index (χ0v) is 30.6. The molecule has 1 atom stereocenters. The molecule has 0 saturated heterocycles. The van der Waals surface area contributed by atoms with Crippen molar-refractivity contribution in [3.8, 4) is 28.7 Å². The van der Waals surface area contributed by atoms with Crippen LogP contribution in [-0.2, 0) is 32.6 Å². The van der Waals surface area contributed by atoms with E-state index in [1.54, 1.807) is 30.3 Å². The Morgan fingerprint density at radius 1 is 0.706 bits per heavy atom. The van der Waals surface area contributed by atoms with Crippen LogP contribution in [0.2, 0.25) is 0 Å². The van der Waals surface area contributed by atoms with Gasteiger partial charge in [0.25, 0.3) is 10.0 Å². The third kappa shape index (κ3) is 9.43. The molecular formula is C38H45N3O9S. The molecule has 0 aliphatic heterocycles. The van der Waals surface area contributed by atoms with E-state index in [1.807, 2.05) is 43.3 Å². The molecule has 272 valence electrons. The van der Waals surface area contributed by atoms with Gasteiger partial charge in [0, 0.05) is 31.6 Å². The average Bonchev–Trinajstić information content (AvgIpc) is 3.16. The number of ether oxygens (including phenoxy) is 5. The van der Waals surface area contributed by atoms with Crippen molar-refractivity contribution in [1.82, 2.24) is 10.2 Å². The van der Waals surface area contributed by atoms with Crippen LogP contribution in [0.3, 0.4) is 0 Å². The first-order valence-electron chi connectivity index (χ1n) is 16.3. The standard InChI is InChI=1S/C38H45N3O9S/c1-7-20-39-38(43)33(22-27-12-9-8-10-13-27)40(25-28-14-11-15-29(21-28)46-2)37(42)26-41(32-23-30(47-3)16-18-34(32)48-4)51(44,45)31-17-19-35(49-5)36(24-31)50-6/h8-19,21,23-24,33H,7,20,22,25-26H2,1-6H3,(H,39,43)/t33-/m1/s1. The summed E-state index contributed by atoms with van der Waals surface area (Å²) in [6, 6.07) is 24.3. The lowest BCUT2D eigenvalue weighted by Gasteiger charge is -2.34. The molecule has 0 aliphatic rings. The minimum atomic E-state index is -4.51. The highest BCUT2D eigenvalue weighted by Gasteiger charge is 2.36. The summed E-state index contributed by atoms with van der Waals surface area (Å²) in [7, 11) is 2.72. The van der Waals surface area contributed by atoms with Crippen molar-refractivity contribution in [3.05, 3.63) is 102 Å². The van der Waals surface area contributed by atoms with E-state index in [-0.39, 0.29) is 41.0 Å². The summed E-state index contributed by atoms with van der Waals surface area (Å²) in [6.45, 7) is 1.61. The molecule has 4 rings (SSSR count). The number of hydrogen-bond acceptors (Lipinski definition) is 9. The minimum Gasteiger partial charge on any atom is -0.497 e. The Morgan fingerprint density at radius 2 is 1.35 bits per heavy atom. The molecule has 0 saturated carbocycles. The maximum Gasteiger partial charge on any atom is 0.265 e. The number of amides is 2. The van der Waals surface area contributed by atoms with Crippen LogP contribution in [0, 0.1) is 0 Å². The van der Waals surface area contributed by atoms with Gasteiger partial charge in [-0.2, -0.15) is 0 Å². The second kappa shape index (κ2) is 18.0. The SMILES string of the molecule is CCCNC(=O)[C@@H](Cc1ccccc1)N(Cc1cccc(OC)c1)C(=O)CN(c1cc(OC)ccc1OC)S(=O)(=O)c1ccc(OC)c(OC)c1. The number of carbonyl (C=O) groups excluding carboxylic acids is 2. The Hall–Kier alpha value is -5.43. The third-order valence-corrected chi connectivity index (χ3v) is 9.94. The summed E-state index contributed by atoms with van der Waals surface area (Å²) >= 11 is 0. The number of hydrogen-bond donors (Lipinski definition) is 1. The first-order chi connectivity index (χ1) is 24.6. The number of nitrogens with one attached hydrogen (secondary N) is 1. The van der Waals surface area contributed by atoms with Crippen LogP contribution in [0.15, 0.2) is 95.9 Å². The largest absolute Gasteiger partial charge is 0.497 e. The monoisotopic (exact) mass is 719 g/mol. The molecule has 0 heterocycles. The molecule has 0 aliphatic carbocycles. The number of sulfonamides is 1. The number of anilines is 1. The zero-order valence-electron chi connectivity index (χ0n) is 29.8. The maximum absolute atomic E-state index is 14.8. The van der Waals surface area contributed by atoms with Crippen LogP contribution in [0.5, 0.6) is 28.7 Å². The van der Waals surface area contributed by atoms with Gasteiger partial charge < -0.3 is 33.9 Å². The predicted octanol–water partition coefficient (Wildman–Crippen LogP) is 5.09. The fourth-order valence-corrected chi connectivity index (χ4v) is 6.93. The van der Waals surface area contributed by atoms with Crippen LogP contribution < -0.4 is 33.3 Å². The normalized spacial score (nSPS) is 11.6. The van der Waals surface area contributed by atoms with Crippen molar-refractivity contribution in [2.75, 3.05) is 52.9 Å². The van der Waals surface area contributed by atoms with Gasteiger partial charge in [0.1, 0.15) is 29.8 Å². The first kappa shape index (κ1) is 38.4. The van der Waals surface area contributed by atoms with Gasteiger partial charge in [0.2, 0.25) is 11.8 Å². The summed E-state index contributed by atoms with van der Waals surface area (Å²) in [6.07, 6.45) is 0.859. The average molecular weight is 720 g/mol. The van der Waals surface area contributed by atoms with Gasteiger partial charge in [0.05, 0.1) is 46.1 Å². The Labute approximate surface area is 299 Å². The van der Waals surface area contributed by atoms with Crippen LogP contribution in [-0.4, -0.2) is 79.8 Å². The van der Waals surface area contributed by atoms with E-state index in [2.05, 4.69) is 5.32 Å². The molecule has 0 spiro atoms. The molecular weight excluding hydrogens is 674 g/mol. The van der Waals surface area contributed by atoms with Crippen molar-refractivity contribution in [1.29, 1.82) is 0 Å². The Kier molecular flexibility index (Phi) is 13.5. The van der Waals surface area contributed by atoms with Crippen molar-refractivity contribution in [3.63, 3.8) is 0 Å². The van der Waals surface area contributed by atoms with Gasteiger partial charge in [0.15, 0.2) is 11.5 Å².